The van der Waals surface area contributed by atoms with Gasteiger partial charge in [0, 0.05) is 31.1 Å². The maximum atomic E-state index is 11.6. The number of benzene rings is 1. The third kappa shape index (κ3) is 3.88. The third-order valence-electron chi connectivity index (χ3n) is 4.54. The Kier molecular flexibility index (Phi) is 4.66. The van der Waals surface area contributed by atoms with Crippen molar-refractivity contribution in [3.8, 4) is 0 Å². The quantitative estimate of drug-likeness (QED) is 0.929. The zero-order valence-corrected chi connectivity index (χ0v) is 14.4. The van der Waals surface area contributed by atoms with Crippen molar-refractivity contribution < 1.29 is 8.42 Å². The van der Waals surface area contributed by atoms with E-state index < -0.39 is 10.0 Å². The molecule has 0 amide bonds. The summed E-state index contributed by atoms with van der Waals surface area (Å²) in [6, 6.07) is 12.5. The fourth-order valence-corrected chi connectivity index (χ4v) is 4.10. The fourth-order valence-electron chi connectivity index (χ4n) is 3.15. The Labute approximate surface area is 137 Å². The number of piperidine rings is 1. The van der Waals surface area contributed by atoms with Crippen molar-refractivity contribution in [2.24, 2.45) is 5.92 Å². The SMILES string of the molecule is C[C@@H]1CN(S(C)(=O)=O)CC[C@@H]1NCc1ccc2ccccc2n1. The lowest BCUT2D eigenvalue weighted by molar-refractivity contribution is 0.219. The van der Waals surface area contributed by atoms with Crippen LogP contribution in [0.1, 0.15) is 19.0 Å². The summed E-state index contributed by atoms with van der Waals surface area (Å²) >= 11 is 0. The molecule has 2 atom stereocenters. The van der Waals surface area contributed by atoms with Crippen molar-refractivity contribution in [2.45, 2.75) is 25.9 Å². The molecule has 0 saturated carbocycles. The van der Waals surface area contributed by atoms with Crippen molar-refractivity contribution >= 4 is 20.9 Å². The molecule has 1 fully saturated rings. The largest absolute Gasteiger partial charge is 0.308 e. The lowest BCUT2D eigenvalue weighted by Crippen LogP contribution is -2.49. The predicted molar refractivity (Wildman–Crippen MR) is 92.6 cm³/mol. The number of nitrogens with one attached hydrogen (secondary N) is 1. The van der Waals surface area contributed by atoms with Gasteiger partial charge in [0.05, 0.1) is 17.5 Å². The second-order valence-corrected chi connectivity index (χ2v) is 8.35. The number of fused-ring (bicyclic) bond motifs is 1. The fraction of sp³-hybridized carbons (Fsp3) is 0.471. The van der Waals surface area contributed by atoms with E-state index in [1.165, 1.54) is 6.26 Å². The van der Waals surface area contributed by atoms with Crippen LogP contribution in [0.3, 0.4) is 0 Å². The van der Waals surface area contributed by atoms with Crippen molar-refractivity contribution in [2.75, 3.05) is 19.3 Å². The maximum Gasteiger partial charge on any atom is 0.211 e. The lowest BCUT2D eigenvalue weighted by atomic mass is 9.95. The first-order chi connectivity index (χ1) is 10.9. The zero-order valence-electron chi connectivity index (χ0n) is 13.6. The molecular weight excluding hydrogens is 310 g/mol. The second kappa shape index (κ2) is 6.55. The van der Waals surface area contributed by atoms with Crippen LogP contribution in [0.25, 0.3) is 10.9 Å². The summed E-state index contributed by atoms with van der Waals surface area (Å²) in [7, 11) is -3.08. The van der Waals surface area contributed by atoms with Crippen molar-refractivity contribution in [3.63, 3.8) is 0 Å². The van der Waals surface area contributed by atoms with Gasteiger partial charge in [0.2, 0.25) is 10.0 Å². The number of hydrogen-bond acceptors (Lipinski definition) is 4. The number of rotatable bonds is 4. The van der Waals surface area contributed by atoms with E-state index in [1.807, 2.05) is 24.3 Å². The number of pyridine rings is 1. The molecule has 1 N–H and O–H groups in total. The van der Waals surface area contributed by atoms with Crippen LogP contribution >= 0.6 is 0 Å². The Bertz CT molecular complexity index is 791. The minimum absolute atomic E-state index is 0.291. The summed E-state index contributed by atoms with van der Waals surface area (Å²) in [6.07, 6.45) is 2.12. The molecule has 5 nitrogen and oxygen atoms in total. The molecule has 1 aromatic heterocycles. The first kappa shape index (κ1) is 16.4. The molecule has 0 spiro atoms. The molecular formula is C17H23N3O2S. The molecule has 1 aliphatic rings. The molecule has 0 aliphatic carbocycles. The van der Waals surface area contributed by atoms with E-state index in [1.54, 1.807) is 4.31 Å². The zero-order chi connectivity index (χ0) is 16.4. The van der Waals surface area contributed by atoms with Crippen LogP contribution in [-0.2, 0) is 16.6 Å². The minimum Gasteiger partial charge on any atom is -0.308 e. The molecule has 6 heteroatoms. The van der Waals surface area contributed by atoms with Crippen LogP contribution in [0, 0.1) is 5.92 Å². The van der Waals surface area contributed by atoms with Crippen molar-refractivity contribution in [1.29, 1.82) is 0 Å². The van der Waals surface area contributed by atoms with Gasteiger partial charge in [-0.1, -0.05) is 31.2 Å². The number of hydrogen-bond donors (Lipinski definition) is 1. The Morgan fingerprint density at radius 2 is 2.04 bits per heavy atom. The Morgan fingerprint density at radius 3 is 2.78 bits per heavy atom. The van der Waals surface area contributed by atoms with E-state index in [9.17, 15) is 8.42 Å². The number of para-hydroxylation sites is 1. The van der Waals surface area contributed by atoms with Gasteiger partial charge in [-0.05, 0) is 24.5 Å². The molecule has 2 aromatic rings. The van der Waals surface area contributed by atoms with E-state index in [0.29, 0.717) is 31.6 Å². The lowest BCUT2D eigenvalue weighted by Gasteiger charge is -2.36. The molecule has 0 bridgehead atoms. The molecule has 0 unspecified atom stereocenters. The van der Waals surface area contributed by atoms with Crippen LogP contribution in [0.4, 0.5) is 0 Å². The highest BCUT2D eigenvalue weighted by atomic mass is 32.2. The smallest absolute Gasteiger partial charge is 0.211 e. The molecule has 3 rings (SSSR count). The number of sulfonamides is 1. The number of aromatic nitrogens is 1. The average molecular weight is 333 g/mol. The highest BCUT2D eigenvalue weighted by Gasteiger charge is 2.30. The van der Waals surface area contributed by atoms with Gasteiger partial charge in [-0.25, -0.2) is 12.7 Å². The molecule has 1 aliphatic heterocycles. The van der Waals surface area contributed by atoms with Crippen LogP contribution < -0.4 is 5.32 Å². The van der Waals surface area contributed by atoms with E-state index in [0.717, 1.165) is 23.0 Å². The summed E-state index contributed by atoms with van der Waals surface area (Å²) in [5.41, 5.74) is 2.02. The first-order valence-electron chi connectivity index (χ1n) is 7.96. The third-order valence-corrected chi connectivity index (χ3v) is 5.81. The summed E-state index contributed by atoms with van der Waals surface area (Å²) in [6.45, 7) is 3.98. The molecule has 2 heterocycles. The van der Waals surface area contributed by atoms with E-state index >= 15 is 0 Å². The second-order valence-electron chi connectivity index (χ2n) is 6.37. The van der Waals surface area contributed by atoms with Gasteiger partial charge in [0.25, 0.3) is 0 Å². The van der Waals surface area contributed by atoms with Crippen LogP contribution in [0.5, 0.6) is 0 Å². The van der Waals surface area contributed by atoms with Crippen LogP contribution in [-0.4, -0.2) is 43.1 Å². The van der Waals surface area contributed by atoms with Gasteiger partial charge < -0.3 is 5.32 Å². The summed E-state index contributed by atoms with van der Waals surface area (Å²) in [5.74, 6) is 0.291. The van der Waals surface area contributed by atoms with Gasteiger partial charge in [-0.3, -0.25) is 4.98 Å². The highest BCUT2D eigenvalue weighted by molar-refractivity contribution is 7.88. The van der Waals surface area contributed by atoms with E-state index in [-0.39, 0.29) is 0 Å². The monoisotopic (exact) mass is 333 g/mol. The van der Waals surface area contributed by atoms with Gasteiger partial charge in [0.15, 0.2) is 0 Å². The predicted octanol–water partition coefficient (Wildman–Crippen LogP) is 1.99. The summed E-state index contributed by atoms with van der Waals surface area (Å²) in [5, 5.41) is 4.68. The Hall–Kier alpha value is -1.50. The van der Waals surface area contributed by atoms with Gasteiger partial charge >= 0.3 is 0 Å². The molecule has 124 valence electrons. The summed E-state index contributed by atoms with van der Waals surface area (Å²) in [4.78, 5) is 4.67. The Balaban J connectivity index is 1.61. The maximum absolute atomic E-state index is 11.6. The standard InChI is InChI=1S/C17H23N3O2S/c1-13-12-20(23(2,21)22)10-9-16(13)18-11-15-8-7-14-5-3-4-6-17(14)19-15/h3-8,13,16,18H,9-12H2,1-2H3/t13-,16+/m1/s1. The molecule has 1 aromatic carbocycles. The van der Waals surface area contributed by atoms with Gasteiger partial charge in [0.1, 0.15) is 0 Å². The number of nitrogens with zero attached hydrogens (tertiary/aromatic N) is 2. The molecule has 23 heavy (non-hydrogen) atoms. The van der Waals surface area contributed by atoms with E-state index in [4.69, 9.17) is 0 Å². The molecule has 0 radical (unpaired) electrons. The first-order valence-corrected chi connectivity index (χ1v) is 9.81. The van der Waals surface area contributed by atoms with Crippen molar-refractivity contribution in [3.05, 3.63) is 42.1 Å². The normalized spacial score (nSPS) is 23.2. The van der Waals surface area contributed by atoms with Gasteiger partial charge in [-0.15, -0.1) is 0 Å². The van der Waals surface area contributed by atoms with Gasteiger partial charge in [-0.2, -0.15) is 0 Å². The average Bonchev–Trinajstić information content (AvgIpc) is 2.52. The summed E-state index contributed by atoms with van der Waals surface area (Å²) < 4.78 is 24.8. The van der Waals surface area contributed by atoms with Crippen LogP contribution in [0.15, 0.2) is 36.4 Å². The molecule has 1 saturated heterocycles. The van der Waals surface area contributed by atoms with Crippen molar-refractivity contribution in [1.82, 2.24) is 14.6 Å². The minimum atomic E-state index is -3.08. The Morgan fingerprint density at radius 1 is 1.26 bits per heavy atom. The highest BCUT2D eigenvalue weighted by Crippen LogP contribution is 2.19. The van der Waals surface area contributed by atoms with Crippen LogP contribution in [0.2, 0.25) is 0 Å². The topological polar surface area (TPSA) is 62.3 Å². The van der Waals surface area contributed by atoms with E-state index in [2.05, 4.69) is 29.4 Å².